The van der Waals surface area contributed by atoms with Crippen LogP contribution in [0.3, 0.4) is 0 Å². The number of imide groups is 1. The second kappa shape index (κ2) is 10.0. The average molecular weight is 535 g/mol. The first-order valence-corrected chi connectivity index (χ1v) is 12.9. The summed E-state index contributed by atoms with van der Waals surface area (Å²) in [5, 5.41) is 1.64. The van der Waals surface area contributed by atoms with Crippen LogP contribution >= 0.6 is 11.3 Å². The van der Waals surface area contributed by atoms with Gasteiger partial charge in [0.25, 0.3) is 5.91 Å². The van der Waals surface area contributed by atoms with Crippen molar-refractivity contribution in [2.75, 3.05) is 23.7 Å². The second-order valence-electron chi connectivity index (χ2n) is 9.03. The van der Waals surface area contributed by atoms with Crippen molar-refractivity contribution in [3.63, 3.8) is 0 Å². The lowest BCUT2D eigenvalue weighted by molar-refractivity contribution is -0.126. The summed E-state index contributed by atoms with van der Waals surface area (Å²) in [4.78, 5) is 60.4. The fourth-order valence-corrected chi connectivity index (χ4v) is 6.11. The number of esters is 2. The smallest absolute Gasteiger partial charge is 0.348 e. The van der Waals surface area contributed by atoms with Crippen molar-refractivity contribution in [1.82, 2.24) is 0 Å². The topological polar surface area (TPSA) is 102 Å². The summed E-state index contributed by atoms with van der Waals surface area (Å²) in [7, 11) is 1.20. The third-order valence-corrected chi connectivity index (χ3v) is 7.98. The number of thiophene rings is 1. The normalized spacial score (nSPS) is 20.6. The van der Waals surface area contributed by atoms with Crippen LogP contribution in [0.2, 0.25) is 0 Å². The third-order valence-electron chi connectivity index (χ3n) is 6.73. The molecule has 2 amide bonds. The van der Waals surface area contributed by atoms with Crippen LogP contribution in [0.1, 0.15) is 49.7 Å². The van der Waals surface area contributed by atoms with Crippen LogP contribution in [0.4, 0.5) is 10.7 Å². The number of methoxy groups -OCH3 is 1. The van der Waals surface area contributed by atoms with E-state index >= 15 is 0 Å². The number of carbonyl (C=O) groups excluding carboxylic acids is 4. The predicted molar refractivity (Wildman–Crippen MR) is 140 cm³/mol. The van der Waals surface area contributed by atoms with Crippen LogP contribution in [0, 0.1) is 19.8 Å². The van der Waals surface area contributed by atoms with E-state index in [9.17, 15) is 19.2 Å². The van der Waals surface area contributed by atoms with Gasteiger partial charge in [-0.3, -0.25) is 14.4 Å². The van der Waals surface area contributed by atoms with Gasteiger partial charge in [-0.05, 0) is 44.0 Å². The maximum atomic E-state index is 14.0. The minimum atomic E-state index is -1.12. The zero-order valence-corrected chi connectivity index (χ0v) is 22.1. The number of benzene rings is 2. The number of rotatable bonds is 6. The first-order valence-electron chi connectivity index (χ1n) is 12.1. The minimum Gasteiger partial charge on any atom is -0.465 e. The number of aryl methyl sites for hydroxylation is 1. The molecule has 2 aromatic carbocycles. The number of hydrogen-bond acceptors (Lipinski definition) is 9. The van der Waals surface area contributed by atoms with Gasteiger partial charge in [0.05, 0.1) is 31.0 Å². The Hall–Kier alpha value is -4.02. The largest absolute Gasteiger partial charge is 0.465 e. The van der Waals surface area contributed by atoms with Crippen LogP contribution in [0.5, 0.6) is 0 Å². The Morgan fingerprint density at radius 3 is 2.29 bits per heavy atom. The number of nitrogens with zero attached hydrogens (tertiary/aromatic N) is 2. The van der Waals surface area contributed by atoms with Gasteiger partial charge in [-0.1, -0.05) is 48.0 Å². The minimum absolute atomic E-state index is 0.0194. The Labute approximate surface area is 223 Å². The van der Waals surface area contributed by atoms with Gasteiger partial charge in [-0.15, -0.1) is 11.3 Å². The molecule has 0 aliphatic carbocycles. The van der Waals surface area contributed by atoms with E-state index in [2.05, 4.69) is 0 Å². The summed E-state index contributed by atoms with van der Waals surface area (Å²) < 4.78 is 10.1. The molecule has 196 valence electrons. The molecule has 3 aromatic rings. The summed E-state index contributed by atoms with van der Waals surface area (Å²) in [6.07, 6.45) is -1.12. The van der Waals surface area contributed by atoms with Gasteiger partial charge in [0.15, 0.2) is 6.10 Å². The van der Waals surface area contributed by atoms with Gasteiger partial charge >= 0.3 is 11.9 Å². The van der Waals surface area contributed by atoms with E-state index in [1.54, 1.807) is 18.9 Å². The molecular weight excluding hydrogens is 508 g/mol. The first kappa shape index (κ1) is 25.6. The summed E-state index contributed by atoms with van der Waals surface area (Å²) in [6.45, 7) is 5.32. The van der Waals surface area contributed by atoms with Crippen LogP contribution in [0.25, 0.3) is 0 Å². The predicted octanol–water partition coefficient (Wildman–Crippen LogP) is 4.38. The SMILES string of the molecule is CCOC(=O)c1sc(N2C(=O)[C@H]3[C@@H](ON(c4ccccc4)[C@H]3c3ccc(C)cc3)C2=O)c(C(=O)OC)c1C. The quantitative estimate of drug-likeness (QED) is 0.339. The Morgan fingerprint density at radius 1 is 0.974 bits per heavy atom. The molecule has 3 atom stereocenters. The molecule has 0 saturated carbocycles. The number of anilines is 2. The standard InChI is InChI=1S/C28H26N2O7S/c1-5-36-28(34)23-16(3)19(27(33)35-4)26(38-23)29-24(31)20-21(17-13-11-15(2)12-14-17)30(37-22(20)25(29)32)18-9-7-6-8-10-18/h6-14,20-22H,5H2,1-4H3/t20-,21+,22-/m1/s1. The van der Waals surface area contributed by atoms with Crippen LogP contribution in [-0.2, 0) is 23.9 Å². The molecule has 10 heteroatoms. The number of ether oxygens (including phenoxy) is 2. The highest BCUT2D eigenvalue weighted by atomic mass is 32.1. The summed E-state index contributed by atoms with van der Waals surface area (Å²) in [6, 6.07) is 16.4. The molecule has 38 heavy (non-hydrogen) atoms. The number of carbonyl (C=O) groups is 4. The van der Waals surface area contributed by atoms with Gasteiger partial charge in [-0.25, -0.2) is 19.6 Å². The lowest BCUT2D eigenvalue weighted by Crippen LogP contribution is -2.37. The van der Waals surface area contributed by atoms with Crippen LogP contribution in [0.15, 0.2) is 54.6 Å². The molecule has 9 nitrogen and oxygen atoms in total. The molecule has 2 saturated heterocycles. The van der Waals surface area contributed by atoms with Crippen molar-refractivity contribution in [3.8, 4) is 0 Å². The highest BCUT2D eigenvalue weighted by Crippen LogP contribution is 2.49. The molecule has 0 radical (unpaired) electrons. The molecule has 2 aliphatic rings. The Morgan fingerprint density at radius 2 is 1.66 bits per heavy atom. The van der Waals surface area contributed by atoms with E-state index in [0.717, 1.165) is 27.4 Å². The Kier molecular flexibility index (Phi) is 6.77. The molecule has 0 bridgehead atoms. The Bertz CT molecular complexity index is 1420. The average Bonchev–Trinajstić information content (AvgIpc) is 3.55. The van der Waals surface area contributed by atoms with Crippen molar-refractivity contribution >= 4 is 45.8 Å². The molecule has 2 aliphatic heterocycles. The number of hydroxylamine groups is 1. The maximum Gasteiger partial charge on any atom is 0.348 e. The van der Waals surface area contributed by atoms with Crippen molar-refractivity contribution < 1.29 is 33.5 Å². The zero-order valence-electron chi connectivity index (χ0n) is 21.3. The monoisotopic (exact) mass is 534 g/mol. The molecule has 2 fully saturated rings. The van der Waals surface area contributed by atoms with Gasteiger partial charge in [0, 0.05) is 0 Å². The highest BCUT2D eigenvalue weighted by molar-refractivity contribution is 7.19. The zero-order chi connectivity index (χ0) is 27.1. The molecule has 5 rings (SSSR count). The van der Waals surface area contributed by atoms with Gasteiger partial charge < -0.3 is 9.47 Å². The first-order chi connectivity index (χ1) is 18.3. The Balaban J connectivity index is 1.61. The molecule has 0 N–H and O–H groups in total. The molecule has 3 heterocycles. The van der Waals surface area contributed by atoms with E-state index < -0.39 is 41.8 Å². The van der Waals surface area contributed by atoms with Crippen molar-refractivity contribution in [2.45, 2.75) is 32.9 Å². The van der Waals surface area contributed by atoms with E-state index in [1.165, 1.54) is 7.11 Å². The van der Waals surface area contributed by atoms with Gasteiger partial charge in [0.1, 0.15) is 15.8 Å². The van der Waals surface area contributed by atoms with Gasteiger partial charge in [0.2, 0.25) is 5.91 Å². The van der Waals surface area contributed by atoms with Crippen LogP contribution in [-0.4, -0.2) is 43.6 Å². The summed E-state index contributed by atoms with van der Waals surface area (Å²) in [5.41, 5.74) is 2.82. The number of hydrogen-bond donors (Lipinski definition) is 0. The maximum absolute atomic E-state index is 14.0. The summed E-state index contributed by atoms with van der Waals surface area (Å²) in [5.74, 6) is -3.42. The molecule has 0 spiro atoms. The number of para-hydroxylation sites is 1. The van der Waals surface area contributed by atoms with Crippen molar-refractivity contribution in [2.24, 2.45) is 5.92 Å². The second-order valence-corrected chi connectivity index (χ2v) is 10.0. The van der Waals surface area contributed by atoms with E-state index in [0.29, 0.717) is 5.69 Å². The highest BCUT2D eigenvalue weighted by Gasteiger charge is 2.61. The number of fused-ring (bicyclic) bond motifs is 1. The van der Waals surface area contributed by atoms with Crippen molar-refractivity contribution in [1.29, 1.82) is 0 Å². The fraction of sp³-hybridized carbons (Fsp3) is 0.286. The molecule has 1 aromatic heterocycles. The number of amides is 2. The molecular formula is C28H26N2O7S. The fourth-order valence-electron chi connectivity index (χ4n) is 4.91. The lowest BCUT2D eigenvalue weighted by Gasteiger charge is -2.28. The lowest BCUT2D eigenvalue weighted by atomic mass is 9.90. The van der Waals surface area contributed by atoms with Crippen molar-refractivity contribution in [3.05, 3.63) is 81.7 Å². The van der Waals surface area contributed by atoms with Gasteiger partial charge in [-0.2, -0.15) is 0 Å². The summed E-state index contributed by atoms with van der Waals surface area (Å²) >= 11 is 0.857. The van der Waals surface area contributed by atoms with Crippen LogP contribution < -0.4 is 9.96 Å². The van der Waals surface area contributed by atoms with E-state index in [-0.39, 0.29) is 27.6 Å². The molecule has 0 unspecified atom stereocenters. The van der Waals surface area contributed by atoms with E-state index in [1.807, 2.05) is 61.5 Å². The third kappa shape index (κ3) is 4.06. The van der Waals surface area contributed by atoms with E-state index in [4.69, 9.17) is 14.3 Å².